The van der Waals surface area contributed by atoms with Crippen molar-refractivity contribution in [2.45, 2.75) is 38.2 Å². The van der Waals surface area contributed by atoms with E-state index in [-0.39, 0.29) is 18.3 Å². The van der Waals surface area contributed by atoms with Crippen molar-refractivity contribution in [2.24, 2.45) is 5.92 Å². The zero-order chi connectivity index (χ0) is 25.8. The minimum absolute atomic E-state index is 0. The van der Waals surface area contributed by atoms with Gasteiger partial charge in [0.2, 0.25) is 0 Å². The van der Waals surface area contributed by atoms with Crippen LogP contribution in [-0.4, -0.2) is 73.9 Å². The number of carbonyl (C=O) groups is 1. The molecule has 1 fully saturated rings. The first-order valence-corrected chi connectivity index (χ1v) is 13.5. The van der Waals surface area contributed by atoms with Crippen LogP contribution in [0.4, 0.5) is 0 Å². The minimum atomic E-state index is -0.421. The van der Waals surface area contributed by atoms with Gasteiger partial charge in [0.25, 0.3) is 5.91 Å². The highest BCUT2D eigenvalue weighted by molar-refractivity contribution is 5.97. The number of ether oxygens (including phenoxy) is 2. The van der Waals surface area contributed by atoms with Gasteiger partial charge < -0.3 is 24.4 Å². The molecule has 2 atom stereocenters. The third-order valence-electron chi connectivity index (χ3n) is 7.91. The molecule has 38 heavy (non-hydrogen) atoms. The molecule has 204 valence electrons. The maximum absolute atomic E-state index is 13.4. The van der Waals surface area contributed by atoms with Crippen LogP contribution in [0.3, 0.4) is 0 Å². The number of aliphatic hydroxyl groups excluding tert-OH is 1. The normalized spacial score (nSPS) is 18.9. The molecule has 0 saturated carbocycles. The van der Waals surface area contributed by atoms with Gasteiger partial charge in [0.1, 0.15) is 0 Å². The summed E-state index contributed by atoms with van der Waals surface area (Å²) in [5, 5.41) is 13.5. The van der Waals surface area contributed by atoms with Crippen LogP contribution in [0.5, 0.6) is 11.5 Å². The molecule has 0 aromatic heterocycles. The lowest BCUT2D eigenvalue weighted by molar-refractivity contribution is 0.0672. The van der Waals surface area contributed by atoms with Crippen LogP contribution < -0.4 is 9.47 Å². The van der Waals surface area contributed by atoms with Gasteiger partial charge in [-0.05, 0) is 65.8 Å². The number of nitrogens with zero attached hydrogens (tertiary/aromatic N) is 2. The highest BCUT2D eigenvalue weighted by Crippen LogP contribution is 2.33. The zero-order valence-corrected chi connectivity index (χ0v) is 23.2. The third-order valence-corrected chi connectivity index (χ3v) is 7.91. The van der Waals surface area contributed by atoms with Crippen LogP contribution in [0.15, 0.2) is 54.6 Å². The van der Waals surface area contributed by atoms with Gasteiger partial charge in [0, 0.05) is 38.2 Å². The second-order valence-corrected chi connectivity index (χ2v) is 10.5. The maximum Gasteiger partial charge on any atom is 0.254 e. The van der Waals surface area contributed by atoms with Gasteiger partial charge in [-0.3, -0.25) is 4.79 Å². The van der Waals surface area contributed by atoms with Gasteiger partial charge in [-0.2, -0.15) is 0 Å². The summed E-state index contributed by atoms with van der Waals surface area (Å²) in [6.45, 7) is 4.05. The molecule has 0 bridgehead atoms. The Balaban J connectivity index is 0.00000336. The lowest BCUT2D eigenvalue weighted by atomic mass is 9.95. The Bertz CT molecular complexity index is 1240. The molecule has 6 nitrogen and oxygen atoms in total. The van der Waals surface area contributed by atoms with Gasteiger partial charge in [0.15, 0.2) is 11.5 Å². The number of amides is 1. The molecule has 0 spiro atoms. The van der Waals surface area contributed by atoms with Crippen molar-refractivity contribution in [1.29, 1.82) is 0 Å². The molecule has 0 radical (unpaired) electrons. The molecule has 2 aliphatic heterocycles. The minimum Gasteiger partial charge on any atom is -0.493 e. The predicted molar refractivity (Wildman–Crippen MR) is 154 cm³/mol. The van der Waals surface area contributed by atoms with Crippen molar-refractivity contribution in [3.05, 3.63) is 71.3 Å². The van der Waals surface area contributed by atoms with E-state index in [9.17, 15) is 9.90 Å². The van der Waals surface area contributed by atoms with Crippen molar-refractivity contribution in [3.8, 4) is 11.5 Å². The quantitative estimate of drug-likeness (QED) is 0.438. The Kier molecular flexibility index (Phi) is 9.53. The van der Waals surface area contributed by atoms with Crippen molar-refractivity contribution >= 4 is 29.1 Å². The number of likely N-dealkylation sites (tertiary alicyclic amines) is 1. The maximum atomic E-state index is 13.4. The molecule has 2 aliphatic rings. The lowest BCUT2D eigenvalue weighted by Gasteiger charge is -2.33. The highest BCUT2D eigenvalue weighted by atomic mass is 35.5. The topological polar surface area (TPSA) is 62.2 Å². The Hall–Kier alpha value is -2.80. The fourth-order valence-corrected chi connectivity index (χ4v) is 6.06. The second-order valence-electron chi connectivity index (χ2n) is 10.5. The Morgan fingerprint density at radius 3 is 2.58 bits per heavy atom. The second kappa shape index (κ2) is 12.8. The van der Waals surface area contributed by atoms with E-state index in [0.29, 0.717) is 30.4 Å². The molecular formula is C31H39ClN2O4. The summed E-state index contributed by atoms with van der Waals surface area (Å²) < 4.78 is 10.9. The highest BCUT2D eigenvalue weighted by Gasteiger charge is 2.30. The van der Waals surface area contributed by atoms with E-state index in [0.717, 1.165) is 63.0 Å². The Morgan fingerprint density at radius 2 is 1.76 bits per heavy atom. The number of fused-ring (bicyclic) bond motifs is 2. The summed E-state index contributed by atoms with van der Waals surface area (Å²) in [6, 6.07) is 18.5. The van der Waals surface area contributed by atoms with E-state index >= 15 is 0 Å². The third kappa shape index (κ3) is 6.25. The van der Waals surface area contributed by atoms with Crippen LogP contribution in [0.1, 0.15) is 40.7 Å². The molecule has 1 N–H and O–H groups in total. The fraction of sp³-hybridized carbons (Fsp3) is 0.452. The number of aliphatic hydroxyl groups is 1. The number of benzene rings is 3. The molecule has 0 aliphatic carbocycles. The van der Waals surface area contributed by atoms with Crippen LogP contribution in [0.2, 0.25) is 0 Å². The molecule has 3 aromatic rings. The van der Waals surface area contributed by atoms with Crippen LogP contribution in [-0.2, 0) is 12.8 Å². The van der Waals surface area contributed by atoms with Crippen LogP contribution in [0.25, 0.3) is 10.8 Å². The van der Waals surface area contributed by atoms with Crippen molar-refractivity contribution in [3.63, 3.8) is 0 Å². The summed E-state index contributed by atoms with van der Waals surface area (Å²) in [4.78, 5) is 17.8. The van der Waals surface area contributed by atoms with E-state index in [1.807, 2.05) is 17.0 Å². The standard InChI is InChI=1S/C31H38N2O4.ClH/c1-36-29-17-25-13-15-33(31(35)28(25)18-30(29)37-2)20-22-8-5-6-14-32(19-22)21-26(34)16-24-11-7-10-23-9-3-4-12-27(23)24;/h3-4,7,9-12,17-18,22,26,34H,5-6,8,13-16,19-21H2,1-2H3;1H. The first-order chi connectivity index (χ1) is 18.1. The Morgan fingerprint density at radius 1 is 1.00 bits per heavy atom. The fourth-order valence-electron chi connectivity index (χ4n) is 6.06. The first-order valence-electron chi connectivity index (χ1n) is 13.5. The van der Waals surface area contributed by atoms with Gasteiger partial charge in [0.05, 0.1) is 20.3 Å². The molecule has 1 saturated heterocycles. The summed E-state index contributed by atoms with van der Waals surface area (Å²) in [7, 11) is 3.22. The summed E-state index contributed by atoms with van der Waals surface area (Å²) in [5.74, 6) is 1.74. The molecule has 2 unspecified atom stereocenters. The van der Waals surface area contributed by atoms with Crippen LogP contribution in [0, 0.1) is 5.92 Å². The zero-order valence-electron chi connectivity index (χ0n) is 22.4. The smallest absolute Gasteiger partial charge is 0.254 e. The number of β-amino-alcohol motifs (C(OH)–C–C–N with tert-alkyl or cyclic N) is 1. The molecule has 5 rings (SSSR count). The first kappa shape index (κ1) is 28.2. The number of halogens is 1. The monoisotopic (exact) mass is 538 g/mol. The number of hydrogen-bond acceptors (Lipinski definition) is 5. The SMILES string of the molecule is COc1cc2c(cc1OC)C(=O)N(CC1CCCCN(CC(O)Cc3cccc4ccccc34)C1)CC2.Cl. The average molecular weight is 539 g/mol. The van der Waals surface area contributed by atoms with Crippen molar-refractivity contribution in [1.82, 2.24) is 9.80 Å². The van der Waals surface area contributed by atoms with Gasteiger partial charge in [-0.15, -0.1) is 12.4 Å². The number of methoxy groups -OCH3 is 2. The number of hydrogen-bond donors (Lipinski definition) is 1. The van der Waals surface area contributed by atoms with E-state index in [1.165, 1.54) is 16.3 Å². The average Bonchev–Trinajstić information content (AvgIpc) is 3.14. The van der Waals surface area contributed by atoms with Gasteiger partial charge in [-0.25, -0.2) is 0 Å². The number of carbonyl (C=O) groups excluding carboxylic acids is 1. The van der Waals surface area contributed by atoms with E-state index in [2.05, 4.69) is 47.4 Å². The Labute approximate surface area is 231 Å². The molecule has 7 heteroatoms. The van der Waals surface area contributed by atoms with E-state index in [4.69, 9.17) is 9.47 Å². The predicted octanol–water partition coefficient (Wildman–Crippen LogP) is 4.98. The van der Waals surface area contributed by atoms with E-state index < -0.39 is 6.10 Å². The largest absolute Gasteiger partial charge is 0.493 e. The molecule has 1 amide bonds. The van der Waals surface area contributed by atoms with Crippen molar-refractivity contribution < 1.29 is 19.4 Å². The summed E-state index contributed by atoms with van der Waals surface area (Å²) in [6.07, 6.45) is 4.45. The van der Waals surface area contributed by atoms with Crippen molar-refractivity contribution in [2.75, 3.05) is 46.9 Å². The van der Waals surface area contributed by atoms with Gasteiger partial charge in [-0.1, -0.05) is 48.9 Å². The molecule has 2 heterocycles. The number of rotatable bonds is 8. The molecular weight excluding hydrogens is 500 g/mol. The van der Waals surface area contributed by atoms with E-state index in [1.54, 1.807) is 14.2 Å². The van der Waals surface area contributed by atoms with Gasteiger partial charge >= 0.3 is 0 Å². The summed E-state index contributed by atoms with van der Waals surface area (Å²) in [5.41, 5.74) is 2.94. The molecule has 3 aromatic carbocycles. The van der Waals surface area contributed by atoms with Crippen LogP contribution >= 0.6 is 12.4 Å². The summed E-state index contributed by atoms with van der Waals surface area (Å²) >= 11 is 0. The lowest BCUT2D eigenvalue weighted by Crippen LogP contribution is -2.44.